The summed E-state index contributed by atoms with van der Waals surface area (Å²) in [6.45, 7) is 4.03. The van der Waals surface area contributed by atoms with Gasteiger partial charge in [0, 0.05) is 12.0 Å². The van der Waals surface area contributed by atoms with Crippen molar-refractivity contribution in [3.8, 4) is 0 Å². The number of rotatable bonds is 8. The number of benzene rings is 3. The average molecular weight is 386 g/mol. The third-order valence-corrected chi connectivity index (χ3v) is 5.25. The van der Waals surface area contributed by atoms with Gasteiger partial charge in [-0.2, -0.15) is 0 Å². The van der Waals surface area contributed by atoms with Crippen LogP contribution in [0.4, 0.5) is 0 Å². The van der Waals surface area contributed by atoms with E-state index in [1.807, 2.05) is 92.7 Å². The molecule has 0 heterocycles. The SMILES string of the molecule is CCc1ccccc1C(=O)NC(Cc1ccccc1)C(=O)Cc1ccccc1C. The summed E-state index contributed by atoms with van der Waals surface area (Å²) in [5.41, 5.74) is 4.73. The highest BCUT2D eigenvalue weighted by atomic mass is 16.2. The molecule has 0 saturated heterocycles. The van der Waals surface area contributed by atoms with E-state index in [4.69, 9.17) is 0 Å². The van der Waals surface area contributed by atoms with Crippen molar-refractivity contribution in [1.82, 2.24) is 5.32 Å². The number of carbonyl (C=O) groups excluding carboxylic acids is 2. The molecule has 29 heavy (non-hydrogen) atoms. The number of nitrogens with one attached hydrogen (secondary N) is 1. The molecule has 0 aliphatic heterocycles. The van der Waals surface area contributed by atoms with Gasteiger partial charge in [-0.3, -0.25) is 9.59 Å². The first-order valence-electron chi connectivity index (χ1n) is 10.1. The van der Waals surface area contributed by atoms with Crippen molar-refractivity contribution < 1.29 is 9.59 Å². The number of amides is 1. The molecule has 0 saturated carbocycles. The highest BCUT2D eigenvalue weighted by molar-refractivity contribution is 5.99. The molecule has 1 atom stereocenters. The van der Waals surface area contributed by atoms with Crippen LogP contribution in [-0.2, 0) is 24.1 Å². The topological polar surface area (TPSA) is 46.2 Å². The lowest BCUT2D eigenvalue weighted by Crippen LogP contribution is -2.43. The fraction of sp³-hybridized carbons (Fsp3) is 0.231. The molecule has 1 N–H and O–H groups in total. The Morgan fingerprint density at radius 3 is 2.14 bits per heavy atom. The molecule has 0 fully saturated rings. The second-order valence-corrected chi connectivity index (χ2v) is 7.30. The summed E-state index contributed by atoms with van der Waals surface area (Å²) in [5.74, 6) is -0.174. The molecule has 3 heteroatoms. The molecule has 0 aliphatic rings. The largest absolute Gasteiger partial charge is 0.342 e. The van der Waals surface area contributed by atoms with Crippen LogP contribution in [0.3, 0.4) is 0 Å². The van der Waals surface area contributed by atoms with Gasteiger partial charge < -0.3 is 5.32 Å². The van der Waals surface area contributed by atoms with E-state index in [1.54, 1.807) is 0 Å². The minimum Gasteiger partial charge on any atom is -0.342 e. The van der Waals surface area contributed by atoms with E-state index in [2.05, 4.69) is 5.32 Å². The average Bonchev–Trinajstić information content (AvgIpc) is 2.75. The molecule has 3 aromatic rings. The van der Waals surface area contributed by atoms with Crippen molar-refractivity contribution in [1.29, 1.82) is 0 Å². The summed E-state index contributed by atoms with van der Waals surface area (Å²) in [6, 6.07) is 24.7. The molecule has 1 amide bonds. The number of Topliss-reactive ketones (excluding diaryl/α,β-unsaturated/α-hetero) is 1. The first-order valence-corrected chi connectivity index (χ1v) is 10.1. The maximum atomic E-state index is 13.2. The highest BCUT2D eigenvalue weighted by Crippen LogP contribution is 2.14. The lowest BCUT2D eigenvalue weighted by molar-refractivity contribution is -0.120. The molecule has 0 aliphatic carbocycles. The molecule has 3 nitrogen and oxygen atoms in total. The predicted octanol–water partition coefficient (Wildman–Crippen LogP) is 4.71. The number of ketones is 1. The van der Waals surface area contributed by atoms with Crippen molar-refractivity contribution in [2.45, 2.75) is 39.2 Å². The van der Waals surface area contributed by atoms with Gasteiger partial charge in [-0.25, -0.2) is 0 Å². The van der Waals surface area contributed by atoms with E-state index in [-0.39, 0.29) is 11.7 Å². The van der Waals surface area contributed by atoms with Crippen LogP contribution in [0.15, 0.2) is 78.9 Å². The van der Waals surface area contributed by atoms with Gasteiger partial charge in [-0.15, -0.1) is 0 Å². The summed E-state index contributed by atoms with van der Waals surface area (Å²) in [6.07, 6.45) is 1.55. The number of aryl methyl sites for hydroxylation is 2. The van der Waals surface area contributed by atoms with Gasteiger partial charge in [-0.05, 0) is 48.1 Å². The van der Waals surface area contributed by atoms with Gasteiger partial charge in [0.2, 0.25) is 0 Å². The maximum absolute atomic E-state index is 13.2. The first-order chi connectivity index (χ1) is 14.1. The van der Waals surface area contributed by atoms with E-state index in [0.29, 0.717) is 18.4 Å². The number of hydrogen-bond donors (Lipinski definition) is 1. The van der Waals surface area contributed by atoms with Crippen LogP contribution in [0.25, 0.3) is 0 Å². The van der Waals surface area contributed by atoms with Crippen LogP contribution in [0.1, 0.15) is 39.5 Å². The molecule has 0 spiro atoms. The second-order valence-electron chi connectivity index (χ2n) is 7.30. The standard InChI is InChI=1S/C26H27NO2/c1-3-21-14-9-10-16-23(21)26(29)27-24(17-20-12-5-4-6-13-20)25(28)18-22-15-8-7-11-19(22)2/h4-16,24H,3,17-18H2,1-2H3,(H,27,29). The van der Waals surface area contributed by atoms with Gasteiger partial charge in [0.25, 0.3) is 5.91 Å². The van der Waals surface area contributed by atoms with Gasteiger partial charge in [0.15, 0.2) is 5.78 Å². The first kappa shape index (κ1) is 20.5. The predicted molar refractivity (Wildman–Crippen MR) is 117 cm³/mol. The highest BCUT2D eigenvalue weighted by Gasteiger charge is 2.23. The molecule has 148 valence electrons. The summed E-state index contributed by atoms with van der Waals surface area (Å²) < 4.78 is 0. The molecule has 3 aromatic carbocycles. The zero-order chi connectivity index (χ0) is 20.6. The fourth-order valence-electron chi connectivity index (χ4n) is 3.50. The van der Waals surface area contributed by atoms with Crippen molar-refractivity contribution in [3.63, 3.8) is 0 Å². The molecule has 0 bridgehead atoms. The van der Waals surface area contributed by atoms with Crippen molar-refractivity contribution >= 4 is 11.7 Å². The van der Waals surface area contributed by atoms with Gasteiger partial charge in [0.1, 0.15) is 0 Å². The summed E-state index contributed by atoms with van der Waals surface area (Å²) in [7, 11) is 0. The van der Waals surface area contributed by atoms with Gasteiger partial charge >= 0.3 is 0 Å². The Morgan fingerprint density at radius 2 is 1.45 bits per heavy atom. The normalized spacial score (nSPS) is 11.7. The second kappa shape index (κ2) is 9.83. The third kappa shape index (κ3) is 5.41. The monoisotopic (exact) mass is 385 g/mol. The Bertz CT molecular complexity index is 979. The zero-order valence-corrected chi connectivity index (χ0v) is 17.0. The lowest BCUT2D eigenvalue weighted by atomic mass is 9.95. The Kier molecular flexibility index (Phi) is 6.96. The van der Waals surface area contributed by atoms with Crippen molar-refractivity contribution in [2.75, 3.05) is 0 Å². The lowest BCUT2D eigenvalue weighted by Gasteiger charge is -2.19. The molecular formula is C26H27NO2. The van der Waals surface area contributed by atoms with E-state index in [0.717, 1.165) is 28.7 Å². The van der Waals surface area contributed by atoms with Crippen LogP contribution in [0.5, 0.6) is 0 Å². The van der Waals surface area contributed by atoms with Crippen molar-refractivity contribution in [2.24, 2.45) is 0 Å². The van der Waals surface area contributed by atoms with E-state index >= 15 is 0 Å². The maximum Gasteiger partial charge on any atom is 0.252 e. The Balaban J connectivity index is 1.83. The minimum absolute atomic E-state index is 0.0190. The molecule has 1 unspecified atom stereocenters. The van der Waals surface area contributed by atoms with E-state index < -0.39 is 6.04 Å². The van der Waals surface area contributed by atoms with Crippen LogP contribution in [-0.4, -0.2) is 17.7 Å². The summed E-state index contributed by atoms with van der Waals surface area (Å²) in [5, 5.41) is 3.01. The Hall–Kier alpha value is -3.20. The molecule has 0 aromatic heterocycles. The number of hydrogen-bond acceptors (Lipinski definition) is 2. The third-order valence-electron chi connectivity index (χ3n) is 5.25. The summed E-state index contributed by atoms with van der Waals surface area (Å²) >= 11 is 0. The van der Waals surface area contributed by atoms with E-state index in [9.17, 15) is 9.59 Å². The van der Waals surface area contributed by atoms with Gasteiger partial charge in [-0.1, -0.05) is 79.7 Å². The summed E-state index contributed by atoms with van der Waals surface area (Å²) in [4.78, 5) is 26.2. The molecule has 0 radical (unpaired) electrons. The van der Waals surface area contributed by atoms with Gasteiger partial charge in [0.05, 0.1) is 6.04 Å². The molecule has 3 rings (SSSR count). The fourth-order valence-corrected chi connectivity index (χ4v) is 3.50. The zero-order valence-electron chi connectivity index (χ0n) is 17.0. The van der Waals surface area contributed by atoms with Crippen molar-refractivity contribution in [3.05, 3.63) is 107 Å². The smallest absolute Gasteiger partial charge is 0.252 e. The molecular weight excluding hydrogens is 358 g/mol. The number of carbonyl (C=O) groups is 2. The Labute approximate surface area is 172 Å². The van der Waals surface area contributed by atoms with Crippen LogP contribution in [0.2, 0.25) is 0 Å². The van der Waals surface area contributed by atoms with Crippen LogP contribution < -0.4 is 5.32 Å². The van der Waals surface area contributed by atoms with E-state index in [1.165, 1.54) is 0 Å². The van der Waals surface area contributed by atoms with Crippen LogP contribution in [0, 0.1) is 6.92 Å². The minimum atomic E-state index is -0.575. The van der Waals surface area contributed by atoms with Crippen LogP contribution >= 0.6 is 0 Å². The quantitative estimate of drug-likeness (QED) is 0.610. The Morgan fingerprint density at radius 1 is 0.828 bits per heavy atom.